The summed E-state index contributed by atoms with van der Waals surface area (Å²) in [7, 11) is -0.585. The van der Waals surface area contributed by atoms with Crippen molar-refractivity contribution >= 4 is 16.0 Å². The quantitative estimate of drug-likeness (QED) is 0.405. The Labute approximate surface area is 210 Å². The number of alkyl halides is 3. The lowest BCUT2D eigenvalue weighted by molar-refractivity contribution is -0.139. The molecule has 1 fully saturated rings. The van der Waals surface area contributed by atoms with Gasteiger partial charge in [-0.05, 0) is 92.5 Å². The number of benzene rings is 2. The smallest absolute Gasteiger partial charge is 0.416 e. The number of halogens is 3. The minimum absolute atomic E-state index is 0.0136. The third kappa shape index (κ3) is 10.7. The second-order valence-corrected chi connectivity index (χ2v) is 14.7. The average Bonchev–Trinajstić information content (AvgIpc) is 2.79. The van der Waals surface area contributed by atoms with Gasteiger partial charge < -0.3 is 5.11 Å². The molecule has 196 valence electrons. The van der Waals surface area contributed by atoms with Crippen molar-refractivity contribution in [2.45, 2.75) is 51.2 Å². The van der Waals surface area contributed by atoms with Gasteiger partial charge in [-0.15, -0.1) is 0 Å². The molecule has 0 amide bonds. The molecule has 35 heavy (non-hydrogen) atoms. The van der Waals surface area contributed by atoms with Gasteiger partial charge in [-0.2, -0.15) is 13.2 Å². The molecule has 0 aliphatic carbocycles. The van der Waals surface area contributed by atoms with Crippen LogP contribution in [-0.4, -0.2) is 53.6 Å². The normalized spacial score (nSPS) is 19.5. The first-order valence-electron chi connectivity index (χ1n) is 12.2. The van der Waals surface area contributed by atoms with Crippen LogP contribution in [0.1, 0.15) is 55.3 Å². The number of aryl methyl sites for hydroxylation is 1. The highest BCUT2D eigenvalue weighted by atomic mass is 32.3. The lowest BCUT2D eigenvalue weighted by Crippen LogP contribution is -2.38. The zero-order valence-electron chi connectivity index (χ0n) is 21.4. The van der Waals surface area contributed by atoms with Gasteiger partial charge in [-0.1, -0.05) is 49.4 Å². The second kappa shape index (κ2) is 13.4. The second-order valence-electron chi connectivity index (χ2n) is 10.1. The molecule has 2 unspecified atom stereocenters. The van der Waals surface area contributed by atoms with Crippen LogP contribution in [-0.2, 0) is 17.4 Å². The third-order valence-electron chi connectivity index (χ3n) is 6.36. The van der Waals surface area contributed by atoms with E-state index >= 15 is 0 Å². The van der Waals surface area contributed by atoms with Crippen LogP contribution in [0.5, 0.6) is 0 Å². The summed E-state index contributed by atoms with van der Waals surface area (Å²) in [6.07, 6.45) is 6.31. The molecule has 0 aromatic heterocycles. The van der Waals surface area contributed by atoms with Crippen LogP contribution in [0.3, 0.4) is 0 Å². The maximum absolute atomic E-state index is 12.8. The number of likely N-dealkylation sites (tertiary alicyclic amines) is 1. The first-order chi connectivity index (χ1) is 16.4. The van der Waals surface area contributed by atoms with Gasteiger partial charge in [0.15, 0.2) is 0 Å². The van der Waals surface area contributed by atoms with Crippen LogP contribution < -0.4 is 0 Å². The summed E-state index contributed by atoms with van der Waals surface area (Å²) in [4.78, 5) is 13.4. The van der Waals surface area contributed by atoms with E-state index in [0.717, 1.165) is 55.8 Å². The molecular weight excluding hydrogens is 471 g/mol. The highest BCUT2D eigenvalue weighted by molar-refractivity contribution is 8.32. The maximum Gasteiger partial charge on any atom is 0.416 e. The van der Waals surface area contributed by atoms with Gasteiger partial charge in [0.2, 0.25) is 0 Å². The van der Waals surface area contributed by atoms with Crippen molar-refractivity contribution in [3.8, 4) is 0 Å². The number of piperidine rings is 1. The Balaban J connectivity index is 0.000000456. The molecule has 0 radical (unpaired) electrons. The molecule has 7 heteroatoms. The molecule has 3 nitrogen and oxygen atoms in total. The van der Waals surface area contributed by atoms with Crippen molar-refractivity contribution in [2.75, 3.05) is 37.6 Å². The summed E-state index contributed by atoms with van der Waals surface area (Å²) in [6.45, 7) is 3.86. The van der Waals surface area contributed by atoms with Crippen LogP contribution >= 0.6 is 10.0 Å². The van der Waals surface area contributed by atoms with Crippen molar-refractivity contribution in [1.82, 2.24) is 4.90 Å². The molecular formula is C28H40F3NO2S. The minimum atomic E-state index is -4.34. The van der Waals surface area contributed by atoms with Crippen molar-refractivity contribution in [1.29, 1.82) is 0 Å². The molecule has 1 N–H and O–H groups in total. The summed E-state index contributed by atoms with van der Waals surface area (Å²) in [6, 6.07) is 15.8. The van der Waals surface area contributed by atoms with Gasteiger partial charge in [0.1, 0.15) is 0 Å². The molecule has 2 aromatic carbocycles. The van der Waals surface area contributed by atoms with Crippen LogP contribution in [0, 0.1) is 5.92 Å². The van der Waals surface area contributed by atoms with E-state index in [1.165, 1.54) is 5.56 Å². The molecule has 1 aliphatic heterocycles. The predicted molar refractivity (Wildman–Crippen MR) is 141 cm³/mol. The van der Waals surface area contributed by atoms with E-state index in [0.29, 0.717) is 6.42 Å². The van der Waals surface area contributed by atoms with Gasteiger partial charge in [0.25, 0.3) is 0 Å². The van der Waals surface area contributed by atoms with E-state index in [2.05, 4.69) is 54.9 Å². The zero-order valence-corrected chi connectivity index (χ0v) is 22.2. The number of carboxylic acid groups (broad SMARTS) is 1. The van der Waals surface area contributed by atoms with Crippen LogP contribution in [0.2, 0.25) is 0 Å². The fourth-order valence-electron chi connectivity index (χ4n) is 4.44. The fraction of sp³-hybridized carbons (Fsp3) is 0.536. The number of nitrogens with zero attached hydrogens (tertiary/aromatic N) is 1. The first-order valence-corrected chi connectivity index (χ1v) is 15.2. The van der Waals surface area contributed by atoms with E-state index in [9.17, 15) is 18.0 Å². The van der Waals surface area contributed by atoms with Gasteiger partial charge in [-0.25, -0.2) is 10.0 Å². The zero-order chi connectivity index (χ0) is 26.1. The fourth-order valence-corrected chi connectivity index (χ4v) is 5.44. The number of aliphatic carboxylic acids is 1. The van der Waals surface area contributed by atoms with E-state index in [1.807, 2.05) is 6.07 Å². The van der Waals surface area contributed by atoms with E-state index in [1.54, 1.807) is 12.1 Å². The molecule has 1 heterocycles. The van der Waals surface area contributed by atoms with Crippen LogP contribution in [0.4, 0.5) is 13.2 Å². The summed E-state index contributed by atoms with van der Waals surface area (Å²) in [5, 5.41) is 9.11. The summed E-state index contributed by atoms with van der Waals surface area (Å²) in [5.41, 5.74) is 1.61. The number of carboxylic acids is 1. The SMILES string of the molecule is CCc1ccccc1.CS(C)(C)CCCN1CCC(CC(=O)O)CC1c1ccc(C(F)(F)F)cc1. The van der Waals surface area contributed by atoms with E-state index in [-0.39, 0.29) is 18.4 Å². The number of rotatable bonds is 8. The highest BCUT2D eigenvalue weighted by Crippen LogP contribution is 2.39. The Hall–Kier alpha value is -1.99. The minimum Gasteiger partial charge on any atom is -0.481 e. The molecule has 0 bridgehead atoms. The molecule has 0 saturated carbocycles. The molecule has 2 atom stereocenters. The number of hydrogen-bond donors (Lipinski definition) is 1. The largest absolute Gasteiger partial charge is 0.481 e. The molecule has 1 saturated heterocycles. The summed E-state index contributed by atoms with van der Waals surface area (Å²) < 4.78 is 38.5. The van der Waals surface area contributed by atoms with Gasteiger partial charge in [-0.3, -0.25) is 9.69 Å². The monoisotopic (exact) mass is 511 g/mol. The van der Waals surface area contributed by atoms with Crippen molar-refractivity contribution in [2.24, 2.45) is 5.92 Å². The van der Waals surface area contributed by atoms with Crippen molar-refractivity contribution < 1.29 is 23.1 Å². The summed E-state index contributed by atoms with van der Waals surface area (Å²) >= 11 is 0. The Morgan fingerprint density at radius 3 is 2.17 bits per heavy atom. The molecule has 0 spiro atoms. The molecule has 3 rings (SSSR count). The Morgan fingerprint density at radius 2 is 1.69 bits per heavy atom. The summed E-state index contributed by atoms with van der Waals surface area (Å²) in [5.74, 6) is 0.414. The topological polar surface area (TPSA) is 40.5 Å². The predicted octanol–water partition coefficient (Wildman–Crippen LogP) is 7.27. The first kappa shape index (κ1) is 29.2. The lowest BCUT2D eigenvalue weighted by Gasteiger charge is -2.40. The average molecular weight is 512 g/mol. The van der Waals surface area contributed by atoms with Gasteiger partial charge >= 0.3 is 12.1 Å². The molecule has 1 aliphatic rings. The van der Waals surface area contributed by atoms with Crippen LogP contribution in [0.25, 0.3) is 0 Å². The van der Waals surface area contributed by atoms with E-state index < -0.39 is 27.7 Å². The lowest BCUT2D eigenvalue weighted by atomic mass is 9.85. The highest BCUT2D eigenvalue weighted by Gasteiger charge is 2.33. The number of carbonyl (C=O) groups is 1. The molecule has 2 aromatic rings. The maximum atomic E-state index is 12.8. The van der Waals surface area contributed by atoms with Gasteiger partial charge in [0.05, 0.1) is 5.56 Å². The van der Waals surface area contributed by atoms with Crippen molar-refractivity contribution in [3.05, 3.63) is 71.3 Å². The Kier molecular flexibility index (Phi) is 11.2. The standard InChI is InChI=1S/C20H30F3NO2S.C8H10/c1-27(2,3)12-4-10-24-11-9-15(14-19(25)26)13-18(24)16-5-7-17(8-6-16)20(21,22)23;1-2-8-6-4-3-5-7-8/h5-8,15,18H,4,9-14H2,1-3H3,(H,25,26);3-7H,2H2,1H3. The van der Waals surface area contributed by atoms with Crippen molar-refractivity contribution in [3.63, 3.8) is 0 Å². The van der Waals surface area contributed by atoms with Crippen LogP contribution in [0.15, 0.2) is 54.6 Å². The van der Waals surface area contributed by atoms with E-state index in [4.69, 9.17) is 5.11 Å². The third-order valence-corrected chi connectivity index (χ3v) is 7.87. The Morgan fingerprint density at radius 1 is 1.06 bits per heavy atom. The number of hydrogen-bond acceptors (Lipinski definition) is 2. The van der Waals surface area contributed by atoms with Gasteiger partial charge in [0, 0.05) is 12.5 Å². The Bertz CT molecular complexity index is 895.